The van der Waals surface area contributed by atoms with E-state index in [9.17, 15) is 9.18 Å². The smallest absolute Gasteiger partial charge is 0.308 e. The Morgan fingerprint density at radius 3 is 2.95 bits per heavy atom. The second-order valence-corrected chi connectivity index (χ2v) is 5.21. The number of pyridine rings is 1. The molecule has 2 heterocycles. The summed E-state index contributed by atoms with van der Waals surface area (Å²) in [6.45, 7) is 3.02. The highest BCUT2D eigenvalue weighted by molar-refractivity contribution is 5.92. The Labute approximate surface area is 115 Å². The number of aliphatic carboxylic acids is 1. The minimum Gasteiger partial charge on any atom is -0.481 e. The van der Waals surface area contributed by atoms with E-state index in [1.807, 2.05) is 17.9 Å². The molecule has 3 rings (SSSR count). The van der Waals surface area contributed by atoms with Gasteiger partial charge in [0.2, 0.25) is 0 Å². The maximum Gasteiger partial charge on any atom is 0.308 e. The molecule has 1 unspecified atom stereocenters. The van der Waals surface area contributed by atoms with Crippen LogP contribution in [0.5, 0.6) is 0 Å². The van der Waals surface area contributed by atoms with Crippen LogP contribution < -0.4 is 4.90 Å². The summed E-state index contributed by atoms with van der Waals surface area (Å²) in [6.07, 6.45) is 0.619. The number of carboxylic acid groups (broad SMARTS) is 1. The largest absolute Gasteiger partial charge is 0.481 e. The van der Waals surface area contributed by atoms with Gasteiger partial charge in [-0.3, -0.25) is 9.78 Å². The first-order chi connectivity index (χ1) is 9.54. The Morgan fingerprint density at radius 1 is 1.45 bits per heavy atom. The molecule has 1 saturated heterocycles. The van der Waals surface area contributed by atoms with E-state index in [1.165, 1.54) is 12.1 Å². The number of carbonyl (C=O) groups is 1. The Kier molecular flexibility index (Phi) is 3.04. The van der Waals surface area contributed by atoms with Gasteiger partial charge < -0.3 is 10.0 Å². The molecule has 104 valence electrons. The van der Waals surface area contributed by atoms with Crippen molar-refractivity contribution in [3.05, 3.63) is 35.8 Å². The van der Waals surface area contributed by atoms with Crippen molar-refractivity contribution in [2.75, 3.05) is 18.0 Å². The van der Waals surface area contributed by atoms with Crippen molar-refractivity contribution < 1.29 is 14.3 Å². The molecule has 0 radical (unpaired) electrons. The lowest BCUT2D eigenvalue weighted by Gasteiger charge is -2.20. The lowest BCUT2D eigenvalue weighted by atomic mass is 10.1. The number of carboxylic acids is 1. The fourth-order valence-electron chi connectivity index (χ4n) is 2.75. The van der Waals surface area contributed by atoms with Crippen molar-refractivity contribution >= 4 is 22.6 Å². The van der Waals surface area contributed by atoms with Crippen molar-refractivity contribution in [1.82, 2.24) is 4.98 Å². The van der Waals surface area contributed by atoms with E-state index in [2.05, 4.69) is 4.98 Å². The zero-order chi connectivity index (χ0) is 14.3. The number of halogens is 1. The van der Waals surface area contributed by atoms with Crippen molar-refractivity contribution in [3.63, 3.8) is 0 Å². The topological polar surface area (TPSA) is 53.4 Å². The van der Waals surface area contributed by atoms with E-state index < -0.39 is 5.97 Å². The number of hydrogen-bond donors (Lipinski definition) is 1. The predicted molar refractivity (Wildman–Crippen MR) is 74.4 cm³/mol. The molecule has 0 aliphatic carbocycles. The lowest BCUT2D eigenvalue weighted by Crippen LogP contribution is -2.23. The highest BCUT2D eigenvalue weighted by Crippen LogP contribution is 2.31. The van der Waals surface area contributed by atoms with Gasteiger partial charge in [-0.05, 0) is 37.6 Å². The molecule has 1 aliphatic rings. The minimum absolute atomic E-state index is 0.307. The van der Waals surface area contributed by atoms with Crippen LogP contribution in [0.4, 0.5) is 10.1 Å². The van der Waals surface area contributed by atoms with Gasteiger partial charge in [0.15, 0.2) is 0 Å². The van der Waals surface area contributed by atoms with Gasteiger partial charge in [-0.25, -0.2) is 4.39 Å². The highest BCUT2D eigenvalue weighted by atomic mass is 19.1. The maximum absolute atomic E-state index is 13.5. The van der Waals surface area contributed by atoms with E-state index in [4.69, 9.17) is 5.11 Å². The second-order valence-electron chi connectivity index (χ2n) is 5.21. The molecule has 1 aromatic heterocycles. The summed E-state index contributed by atoms with van der Waals surface area (Å²) in [4.78, 5) is 17.5. The average Bonchev–Trinajstić information content (AvgIpc) is 2.88. The summed E-state index contributed by atoms with van der Waals surface area (Å²) < 4.78 is 13.5. The Bertz CT molecular complexity index is 687. The van der Waals surface area contributed by atoms with Crippen LogP contribution in [0.3, 0.4) is 0 Å². The summed E-state index contributed by atoms with van der Waals surface area (Å²) in [7, 11) is 0. The van der Waals surface area contributed by atoms with Crippen molar-refractivity contribution in [1.29, 1.82) is 0 Å². The van der Waals surface area contributed by atoms with Crippen molar-refractivity contribution in [2.24, 2.45) is 5.92 Å². The van der Waals surface area contributed by atoms with Gasteiger partial charge >= 0.3 is 5.97 Å². The monoisotopic (exact) mass is 274 g/mol. The first-order valence-corrected chi connectivity index (χ1v) is 6.59. The molecule has 5 heteroatoms. The van der Waals surface area contributed by atoms with Gasteiger partial charge in [-0.1, -0.05) is 0 Å². The fraction of sp³-hybridized carbons (Fsp3) is 0.333. The second kappa shape index (κ2) is 4.74. The predicted octanol–water partition coefficient (Wildman–Crippen LogP) is 2.59. The van der Waals surface area contributed by atoms with Crippen LogP contribution in [0.2, 0.25) is 0 Å². The Balaban J connectivity index is 2.07. The molecule has 1 aromatic carbocycles. The molecule has 1 atom stereocenters. The number of hydrogen-bond acceptors (Lipinski definition) is 3. The van der Waals surface area contributed by atoms with Crippen LogP contribution in [0.1, 0.15) is 12.1 Å². The van der Waals surface area contributed by atoms with E-state index in [-0.39, 0.29) is 11.7 Å². The minimum atomic E-state index is -0.770. The molecular formula is C15H15FN2O2. The molecule has 1 fully saturated rings. The average molecular weight is 274 g/mol. The van der Waals surface area contributed by atoms with Gasteiger partial charge in [-0.15, -0.1) is 0 Å². The quantitative estimate of drug-likeness (QED) is 0.914. The third-order valence-corrected chi connectivity index (χ3v) is 3.76. The third kappa shape index (κ3) is 2.19. The summed E-state index contributed by atoms with van der Waals surface area (Å²) in [5, 5.41) is 9.83. The molecule has 0 saturated carbocycles. The number of fused-ring (bicyclic) bond motifs is 1. The SMILES string of the molecule is Cc1cc(N2CCC(C(=O)O)C2)c2cc(F)ccc2n1. The van der Waals surface area contributed by atoms with Crippen LogP contribution in [0.15, 0.2) is 24.3 Å². The lowest BCUT2D eigenvalue weighted by molar-refractivity contribution is -0.140. The van der Waals surface area contributed by atoms with Gasteiger partial charge in [0.1, 0.15) is 5.82 Å². The van der Waals surface area contributed by atoms with Crippen LogP contribution in [-0.4, -0.2) is 29.1 Å². The normalized spacial score (nSPS) is 18.7. The van der Waals surface area contributed by atoms with Gasteiger partial charge in [-0.2, -0.15) is 0 Å². The van der Waals surface area contributed by atoms with Gasteiger partial charge in [0.05, 0.1) is 11.4 Å². The zero-order valence-corrected chi connectivity index (χ0v) is 11.1. The third-order valence-electron chi connectivity index (χ3n) is 3.76. The number of aromatic nitrogens is 1. The Hall–Kier alpha value is -2.17. The number of anilines is 1. The molecule has 1 N–H and O–H groups in total. The van der Waals surface area contributed by atoms with E-state index >= 15 is 0 Å². The number of benzene rings is 1. The summed E-state index contributed by atoms with van der Waals surface area (Å²) in [6, 6.07) is 6.41. The van der Waals surface area contributed by atoms with Crippen LogP contribution in [0, 0.1) is 18.7 Å². The van der Waals surface area contributed by atoms with E-state index in [0.717, 1.165) is 22.3 Å². The molecule has 1 aliphatic heterocycles. The fourth-order valence-corrected chi connectivity index (χ4v) is 2.75. The number of rotatable bonds is 2. The molecule has 2 aromatic rings. The van der Waals surface area contributed by atoms with Crippen LogP contribution in [-0.2, 0) is 4.79 Å². The highest BCUT2D eigenvalue weighted by Gasteiger charge is 2.29. The van der Waals surface area contributed by atoms with Crippen molar-refractivity contribution in [3.8, 4) is 0 Å². The summed E-state index contributed by atoms with van der Waals surface area (Å²) in [5.74, 6) is -1.43. The van der Waals surface area contributed by atoms with Crippen LogP contribution >= 0.6 is 0 Å². The zero-order valence-electron chi connectivity index (χ0n) is 11.1. The van der Waals surface area contributed by atoms with Gasteiger partial charge in [0, 0.05) is 29.9 Å². The van der Waals surface area contributed by atoms with Gasteiger partial charge in [0.25, 0.3) is 0 Å². The molecule has 20 heavy (non-hydrogen) atoms. The van der Waals surface area contributed by atoms with Crippen molar-refractivity contribution in [2.45, 2.75) is 13.3 Å². The first kappa shape index (κ1) is 12.8. The summed E-state index contributed by atoms with van der Waals surface area (Å²) in [5.41, 5.74) is 2.45. The Morgan fingerprint density at radius 2 is 2.25 bits per heavy atom. The molecular weight excluding hydrogens is 259 g/mol. The molecule has 0 amide bonds. The first-order valence-electron chi connectivity index (χ1n) is 6.59. The molecule has 0 bridgehead atoms. The standard InChI is InChI=1S/C15H15FN2O2/c1-9-6-14(18-5-4-10(8-18)15(19)20)12-7-11(16)2-3-13(12)17-9/h2-3,6-7,10H,4-5,8H2,1H3,(H,19,20). The molecule has 0 spiro atoms. The number of aryl methyl sites for hydroxylation is 1. The summed E-state index contributed by atoms with van der Waals surface area (Å²) >= 11 is 0. The number of nitrogens with zero attached hydrogens (tertiary/aromatic N) is 2. The van der Waals surface area contributed by atoms with E-state index in [0.29, 0.717) is 19.5 Å². The maximum atomic E-state index is 13.5. The molecule has 4 nitrogen and oxygen atoms in total. The van der Waals surface area contributed by atoms with E-state index in [1.54, 1.807) is 6.07 Å². The van der Waals surface area contributed by atoms with Crippen LogP contribution in [0.25, 0.3) is 10.9 Å².